The number of anilines is 1. The van der Waals surface area contributed by atoms with Gasteiger partial charge in [-0.2, -0.15) is 0 Å². The Balaban J connectivity index is 1.97. The maximum Gasteiger partial charge on any atom is 0.348 e. The molecule has 3 rings (SSSR count). The number of ether oxygens (including phenoxy) is 1. The maximum atomic E-state index is 12.3. The van der Waals surface area contributed by atoms with Gasteiger partial charge >= 0.3 is 5.97 Å². The normalized spacial score (nSPS) is 17.8. The molecule has 1 aliphatic heterocycles. The van der Waals surface area contributed by atoms with Crippen molar-refractivity contribution in [3.8, 4) is 0 Å². The lowest BCUT2D eigenvalue weighted by Crippen LogP contribution is -2.43. The molecule has 1 N–H and O–H groups in total. The number of aromatic nitrogens is 2. The summed E-state index contributed by atoms with van der Waals surface area (Å²) in [5.41, 5.74) is 0.595. The Kier molecular flexibility index (Phi) is 4.64. The molecule has 0 aromatic carbocycles. The molecule has 1 saturated heterocycles. The first-order chi connectivity index (χ1) is 12.1. The number of nitrogens with zero attached hydrogens (tertiary/aromatic N) is 3. The minimum absolute atomic E-state index is 0.0277. The molecule has 1 fully saturated rings. The molecule has 7 nitrogen and oxygen atoms in total. The van der Waals surface area contributed by atoms with Crippen LogP contribution in [-0.2, 0) is 9.53 Å². The molecule has 0 saturated carbocycles. The number of carbonyl (C=O) groups is 2. The number of esters is 1. The topological polar surface area (TPSA) is 84.4 Å². The van der Waals surface area contributed by atoms with Crippen LogP contribution in [0.4, 0.5) is 5.82 Å². The Bertz CT molecular complexity index is 885. The lowest BCUT2D eigenvalue weighted by molar-refractivity contribution is -0.131. The third kappa shape index (κ3) is 3.25. The number of aryl methyl sites for hydroxylation is 2. The quantitative estimate of drug-likeness (QED) is 0.829. The summed E-state index contributed by atoms with van der Waals surface area (Å²) in [4.78, 5) is 36.5. The van der Waals surface area contributed by atoms with Crippen molar-refractivity contribution in [3.05, 3.63) is 16.3 Å². The molecule has 3 heterocycles. The Morgan fingerprint density at radius 1 is 1.31 bits per heavy atom. The van der Waals surface area contributed by atoms with Gasteiger partial charge in [-0.1, -0.05) is 0 Å². The first-order valence-electron chi connectivity index (χ1n) is 8.55. The Hall–Kier alpha value is -2.22. The van der Waals surface area contributed by atoms with E-state index in [1.807, 2.05) is 39.5 Å². The van der Waals surface area contributed by atoms with E-state index >= 15 is 0 Å². The Morgan fingerprint density at radius 2 is 2.00 bits per heavy atom. The van der Waals surface area contributed by atoms with E-state index in [4.69, 9.17) is 4.74 Å². The average molecular weight is 376 g/mol. The number of fused-ring (bicyclic) bond motifs is 1. The van der Waals surface area contributed by atoms with Crippen LogP contribution < -0.4 is 5.32 Å². The highest BCUT2D eigenvalue weighted by Gasteiger charge is 2.36. The third-order valence-electron chi connectivity index (χ3n) is 4.55. The second-order valence-corrected chi connectivity index (χ2v) is 8.57. The first kappa shape index (κ1) is 18.6. The van der Waals surface area contributed by atoms with Crippen LogP contribution in [0.15, 0.2) is 0 Å². The van der Waals surface area contributed by atoms with Gasteiger partial charge in [-0.05, 0) is 40.2 Å². The van der Waals surface area contributed by atoms with E-state index in [-0.39, 0.29) is 23.5 Å². The summed E-state index contributed by atoms with van der Waals surface area (Å²) in [6.07, 6.45) is 0.425. The minimum Gasteiger partial charge on any atom is -0.465 e. The maximum absolute atomic E-state index is 12.3. The van der Waals surface area contributed by atoms with Crippen LogP contribution >= 0.6 is 11.3 Å². The van der Waals surface area contributed by atoms with E-state index in [1.54, 1.807) is 0 Å². The molecule has 26 heavy (non-hydrogen) atoms. The smallest absolute Gasteiger partial charge is 0.348 e. The van der Waals surface area contributed by atoms with Crippen LogP contribution in [0.1, 0.15) is 48.3 Å². The number of carbonyl (C=O) groups excluding carboxylic acids is 2. The average Bonchev–Trinajstić information content (AvgIpc) is 3.06. The van der Waals surface area contributed by atoms with Crippen LogP contribution in [0.2, 0.25) is 0 Å². The molecule has 0 radical (unpaired) electrons. The summed E-state index contributed by atoms with van der Waals surface area (Å²) in [6.45, 7) is 10.4. The number of hydrogen-bond acceptors (Lipinski definition) is 7. The van der Waals surface area contributed by atoms with E-state index in [9.17, 15) is 9.59 Å². The van der Waals surface area contributed by atoms with Gasteiger partial charge in [-0.25, -0.2) is 14.8 Å². The van der Waals surface area contributed by atoms with E-state index in [1.165, 1.54) is 18.4 Å². The van der Waals surface area contributed by atoms with Gasteiger partial charge in [0, 0.05) is 18.5 Å². The number of likely N-dealkylation sites (tertiary alicyclic amines) is 1. The summed E-state index contributed by atoms with van der Waals surface area (Å²) < 4.78 is 4.87. The molecule has 1 unspecified atom stereocenters. The fraction of sp³-hybridized carbons (Fsp3) is 0.556. The molecule has 1 atom stereocenters. The highest BCUT2D eigenvalue weighted by molar-refractivity contribution is 7.20. The molecule has 2 aromatic heterocycles. The summed E-state index contributed by atoms with van der Waals surface area (Å²) in [6, 6.07) is -0.0277. The van der Waals surface area contributed by atoms with Crippen molar-refractivity contribution in [1.82, 2.24) is 14.9 Å². The van der Waals surface area contributed by atoms with Crippen molar-refractivity contribution < 1.29 is 14.3 Å². The second-order valence-electron chi connectivity index (χ2n) is 7.57. The number of rotatable bonds is 3. The zero-order valence-electron chi connectivity index (χ0n) is 16.0. The van der Waals surface area contributed by atoms with Crippen LogP contribution in [0.25, 0.3) is 10.2 Å². The van der Waals surface area contributed by atoms with Gasteiger partial charge in [0.15, 0.2) is 0 Å². The van der Waals surface area contributed by atoms with Gasteiger partial charge in [0.2, 0.25) is 5.91 Å². The highest BCUT2D eigenvalue weighted by Crippen LogP contribution is 2.35. The van der Waals surface area contributed by atoms with Crippen molar-refractivity contribution in [2.75, 3.05) is 19.0 Å². The molecule has 8 heteroatoms. The van der Waals surface area contributed by atoms with Crippen molar-refractivity contribution >= 4 is 39.2 Å². The molecule has 2 aromatic rings. The van der Waals surface area contributed by atoms with Crippen LogP contribution in [0, 0.1) is 13.8 Å². The summed E-state index contributed by atoms with van der Waals surface area (Å²) >= 11 is 1.31. The number of amides is 1. The first-order valence-corrected chi connectivity index (χ1v) is 9.36. The molecule has 1 amide bonds. The summed E-state index contributed by atoms with van der Waals surface area (Å²) in [5.74, 6) is 1.05. The predicted octanol–water partition coefficient (Wildman–Crippen LogP) is 2.91. The molecule has 0 aliphatic carbocycles. The van der Waals surface area contributed by atoms with Crippen molar-refractivity contribution in [2.45, 2.75) is 52.6 Å². The third-order valence-corrected chi connectivity index (χ3v) is 5.71. The second kappa shape index (κ2) is 6.50. The van der Waals surface area contributed by atoms with Crippen LogP contribution in [0.5, 0.6) is 0 Å². The van der Waals surface area contributed by atoms with E-state index in [0.29, 0.717) is 29.5 Å². The lowest BCUT2D eigenvalue weighted by Gasteiger charge is -2.32. The molecular weight excluding hydrogens is 352 g/mol. The fourth-order valence-electron chi connectivity index (χ4n) is 3.28. The zero-order valence-corrected chi connectivity index (χ0v) is 16.8. The van der Waals surface area contributed by atoms with E-state index in [2.05, 4.69) is 15.3 Å². The minimum atomic E-state index is -0.371. The van der Waals surface area contributed by atoms with Gasteiger partial charge in [0.1, 0.15) is 21.3 Å². The van der Waals surface area contributed by atoms with E-state index < -0.39 is 0 Å². The lowest BCUT2D eigenvalue weighted by atomic mass is 10.1. The highest BCUT2D eigenvalue weighted by atomic mass is 32.1. The molecule has 0 spiro atoms. The van der Waals surface area contributed by atoms with Gasteiger partial charge in [0.05, 0.1) is 18.5 Å². The van der Waals surface area contributed by atoms with Crippen molar-refractivity contribution in [3.63, 3.8) is 0 Å². The summed E-state index contributed by atoms with van der Waals surface area (Å²) in [7, 11) is 1.37. The van der Waals surface area contributed by atoms with Gasteiger partial charge in [0.25, 0.3) is 0 Å². The fourth-order valence-corrected chi connectivity index (χ4v) is 4.43. The number of hydrogen-bond donors (Lipinski definition) is 1. The zero-order chi connectivity index (χ0) is 19.2. The van der Waals surface area contributed by atoms with Gasteiger partial charge in [-0.3, -0.25) is 4.79 Å². The van der Waals surface area contributed by atoms with Crippen LogP contribution in [0.3, 0.4) is 0 Å². The standard InChI is InChI=1S/C18H24N4O3S/c1-9-13-15(21-11-7-12(23)22(8-11)18(3,4)5)19-10(2)20-16(13)26-14(9)17(24)25-6/h11H,7-8H2,1-6H3,(H,19,20,21). The van der Waals surface area contributed by atoms with Crippen molar-refractivity contribution in [2.24, 2.45) is 0 Å². The van der Waals surface area contributed by atoms with Gasteiger partial charge < -0.3 is 15.0 Å². The molecule has 0 bridgehead atoms. The largest absolute Gasteiger partial charge is 0.465 e. The molecule has 140 valence electrons. The Morgan fingerprint density at radius 3 is 2.58 bits per heavy atom. The van der Waals surface area contributed by atoms with Crippen LogP contribution in [-0.4, -0.2) is 52.0 Å². The summed E-state index contributed by atoms with van der Waals surface area (Å²) in [5, 5.41) is 4.23. The molecule has 1 aliphatic rings. The predicted molar refractivity (Wildman–Crippen MR) is 102 cm³/mol. The van der Waals surface area contributed by atoms with E-state index in [0.717, 1.165) is 15.8 Å². The monoisotopic (exact) mass is 376 g/mol. The van der Waals surface area contributed by atoms with Crippen molar-refractivity contribution in [1.29, 1.82) is 0 Å². The van der Waals surface area contributed by atoms with Gasteiger partial charge in [-0.15, -0.1) is 11.3 Å². The number of nitrogens with one attached hydrogen (secondary N) is 1. The number of thiophene rings is 1. The molecular formula is C18H24N4O3S. The Labute approximate surface area is 156 Å². The number of methoxy groups -OCH3 is 1. The SMILES string of the molecule is COC(=O)c1sc2nc(C)nc(NC3CC(=O)N(C(C)(C)C)C3)c2c1C.